The number of halogens is 1. The fourth-order valence-electron chi connectivity index (χ4n) is 3.32. The molecule has 0 bridgehead atoms. The summed E-state index contributed by atoms with van der Waals surface area (Å²) in [4.78, 5) is 2.63. The highest BCUT2D eigenvalue weighted by Gasteiger charge is 2.21. The Morgan fingerprint density at radius 1 is 0.913 bits per heavy atom. The third kappa shape index (κ3) is 4.81. The Balaban J connectivity index is 1.62. The van der Waals surface area contributed by atoms with E-state index in [9.17, 15) is 0 Å². The van der Waals surface area contributed by atoms with Crippen LogP contribution in [0.5, 0.6) is 0 Å². The first-order valence-corrected chi connectivity index (χ1v) is 8.95. The van der Waals surface area contributed by atoms with Crippen LogP contribution < -0.4 is 5.32 Å². The van der Waals surface area contributed by atoms with E-state index < -0.39 is 0 Å². The van der Waals surface area contributed by atoms with Gasteiger partial charge >= 0.3 is 0 Å². The van der Waals surface area contributed by atoms with Crippen molar-refractivity contribution in [2.24, 2.45) is 0 Å². The van der Waals surface area contributed by atoms with Gasteiger partial charge in [-0.05, 0) is 49.2 Å². The minimum atomic E-state index is 0.462. The molecule has 122 valence electrons. The highest BCUT2D eigenvalue weighted by Crippen LogP contribution is 2.24. The highest BCUT2D eigenvalue weighted by molar-refractivity contribution is 6.30. The summed E-state index contributed by atoms with van der Waals surface area (Å²) in [5.74, 6) is 0. The molecule has 0 spiro atoms. The van der Waals surface area contributed by atoms with Gasteiger partial charge in [0.1, 0.15) is 0 Å². The van der Waals surface area contributed by atoms with Crippen LogP contribution in [0, 0.1) is 0 Å². The van der Waals surface area contributed by atoms with Gasteiger partial charge in [0.15, 0.2) is 0 Å². The lowest BCUT2D eigenvalue weighted by atomic mass is 10.0. The molecule has 0 aromatic heterocycles. The molecular weight excluding hydrogens is 304 g/mol. The van der Waals surface area contributed by atoms with Crippen molar-refractivity contribution >= 4 is 11.6 Å². The molecular formula is C20H25ClN2. The van der Waals surface area contributed by atoms with E-state index in [1.54, 1.807) is 0 Å². The predicted octanol–water partition coefficient (Wildman–Crippen LogP) is 4.66. The second kappa shape index (κ2) is 8.49. The third-order valence-corrected chi connectivity index (χ3v) is 4.85. The average Bonchev–Trinajstić information content (AvgIpc) is 2.62. The predicted molar refractivity (Wildman–Crippen MR) is 97.8 cm³/mol. The van der Waals surface area contributed by atoms with Crippen LogP contribution >= 0.6 is 11.6 Å². The van der Waals surface area contributed by atoms with E-state index in [1.165, 1.54) is 43.5 Å². The second-order valence-corrected chi connectivity index (χ2v) is 6.72. The number of piperidine rings is 1. The van der Waals surface area contributed by atoms with E-state index in [4.69, 9.17) is 11.6 Å². The topological polar surface area (TPSA) is 15.3 Å². The summed E-state index contributed by atoms with van der Waals surface area (Å²) in [6.07, 6.45) is 4.01. The van der Waals surface area contributed by atoms with Crippen molar-refractivity contribution in [1.29, 1.82) is 0 Å². The number of likely N-dealkylation sites (tertiary alicyclic amines) is 1. The summed E-state index contributed by atoms with van der Waals surface area (Å²) < 4.78 is 0. The van der Waals surface area contributed by atoms with E-state index in [2.05, 4.69) is 52.7 Å². The molecule has 2 aromatic carbocycles. The van der Waals surface area contributed by atoms with E-state index in [1.807, 2.05) is 12.1 Å². The van der Waals surface area contributed by atoms with Crippen molar-refractivity contribution in [3.8, 4) is 0 Å². The Bertz CT molecular complexity index is 576. The van der Waals surface area contributed by atoms with Crippen LogP contribution in [0.25, 0.3) is 0 Å². The van der Waals surface area contributed by atoms with Crippen molar-refractivity contribution in [2.45, 2.75) is 31.8 Å². The van der Waals surface area contributed by atoms with E-state index >= 15 is 0 Å². The van der Waals surface area contributed by atoms with Crippen LogP contribution in [0.15, 0.2) is 54.6 Å². The van der Waals surface area contributed by atoms with Crippen molar-refractivity contribution < 1.29 is 0 Å². The fourth-order valence-corrected chi connectivity index (χ4v) is 3.44. The second-order valence-electron chi connectivity index (χ2n) is 6.28. The third-order valence-electron chi connectivity index (χ3n) is 4.60. The number of benzene rings is 2. The molecule has 3 heteroatoms. The zero-order chi connectivity index (χ0) is 15.9. The molecule has 1 N–H and O–H groups in total. The zero-order valence-electron chi connectivity index (χ0n) is 13.5. The molecule has 3 rings (SSSR count). The van der Waals surface area contributed by atoms with Crippen molar-refractivity contribution in [1.82, 2.24) is 10.2 Å². The summed E-state index contributed by atoms with van der Waals surface area (Å²) in [6.45, 7) is 4.28. The molecule has 1 unspecified atom stereocenters. The van der Waals surface area contributed by atoms with Gasteiger partial charge in [-0.15, -0.1) is 0 Å². The Morgan fingerprint density at radius 3 is 2.30 bits per heavy atom. The minimum Gasteiger partial charge on any atom is -0.311 e. The lowest BCUT2D eigenvalue weighted by Gasteiger charge is -2.35. The molecule has 2 aromatic rings. The first-order chi connectivity index (χ1) is 11.3. The van der Waals surface area contributed by atoms with Crippen molar-refractivity contribution in [2.75, 3.05) is 19.6 Å². The van der Waals surface area contributed by atoms with Crippen LogP contribution in [-0.4, -0.2) is 24.5 Å². The van der Waals surface area contributed by atoms with Crippen LogP contribution in [-0.2, 0) is 6.54 Å². The molecule has 1 aliphatic rings. The molecule has 0 saturated carbocycles. The largest absolute Gasteiger partial charge is 0.311 e. The summed E-state index contributed by atoms with van der Waals surface area (Å²) in [7, 11) is 0. The Labute approximate surface area is 144 Å². The van der Waals surface area contributed by atoms with Gasteiger partial charge < -0.3 is 5.32 Å². The molecule has 1 fully saturated rings. The molecule has 0 amide bonds. The van der Waals surface area contributed by atoms with Crippen molar-refractivity contribution in [3.63, 3.8) is 0 Å². The lowest BCUT2D eigenvalue weighted by Crippen LogP contribution is -2.39. The summed E-state index contributed by atoms with van der Waals surface area (Å²) in [6, 6.07) is 19.4. The van der Waals surface area contributed by atoms with Crippen molar-refractivity contribution in [3.05, 3.63) is 70.7 Å². The first-order valence-electron chi connectivity index (χ1n) is 8.57. The molecule has 1 saturated heterocycles. The number of nitrogens with one attached hydrogen (secondary N) is 1. The normalized spacial score (nSPS) is 17.1. The Morgan fingerprint density at radius 2 is 1.61 bits per heavy atom. The van der Waals surface area contributed by atoms with Crippen LogP contribution in [0.1, 0.15) is 36.4 Å². The van der Waals surface area contributed by atoms with Gasteiger partial charge in [-0.1, -0.05) is 60.5 Å². The van der Waals surface area contributed by atoms with Gasteiger partial charge in [0, 0.05) is 24.2 Å². The lowest BCUT2D eigenvalue weighted by molar-refractivity contribution is 0.160. The van der Waals surface area contributed by atoms with Crippen LogP contribution in [0.4, 0.5) is 0 Å². The van der Waals surface area contributed by atoms with Gasteiger partial charge in [0.25, 0.3) is 0 Å². The summed E-state index contributed by atoms with van der Waals surface area (Å²) in [5.41, 5.74) is 2.69. The molecule has 0 aliphatic carbocycles. The smallest absolute Gasteiger partial charge is 0.0472 e. The maximum absolute atomic E-state index is 5.95. The van der Waals surface area contributed by atoms with Gasteiger partial charge in [0.2, 0.25) is 0 Å². The number of hydrogen-bond donors (Lipinski definition) is 1. The fraction of sp³-hybridized carbons (Fsp3) is 0.400. The summed E-state index contributed by atoms with van der Waals surface area (Å²) in [5, 5.41) is 4.43. The quantitative estimate of drug-likeness (QED) is 0.829. The SMILES string of the molecule is Clc1ccc(CNCC(c2ccccc2)N2CCCCC2)cc1. The maximum Gasteiger partial charge on any atom is 0.0472 e. The van der Waals surface area contributed by atoms with Gasteiger partial charge in [-0.25, -0.2) is 0 Å². The van der Waals surface area contributed by atoms with E-state index in [0.717, 1.165) is 18.1 Å². The Kier molecular flexibility index (Phi) is 6.09. The number of hydrogen-bond acceptors (Lipinski definition) is 2. The maximum atomic E-state index is 5.95. The zero-order valence-corrected chi connectivity index (χ0v) is 14.3. The molecule has 1 aliphatic heterocycles. The highest BCUT2D eigenvalue weighted by atomic mass is 35.5. The van der Waals surface area contributed by atoms with Gasteiger partial charge in [-0.2, -0.15) is 0 Å². The van der Waals surface area contributed by atoms with Gasteiger partial charge in [-0.3, -0.25) is 4.90 Å². The molecule has 2 nitrogen and oxygen atoms in total. The molecule has 1 heterocycles. The average molecular weight is 329 g/mol. The number of nitrogens with zero attached hydrogens (tertiary/aromatic N) is 1. The molecule has 0 radical (unpaired) electrons. The van der Waals surface area contributed by atoms with Crippen LogP contribution in [0.2, 0.25) is 5.02 Å². The van der Waals surface area contributed by atoms with E-state index in [0.29, 0.717) is 6.04 Å². The first kappa shape index (κ1) is 16.5. The Hall–Kier alpha value is -1.35. The minimum absolute atomic E-state index is 0.462. The summed E-state index contributed by atoms with van der Waals surface area (Å²) >= 11 is 5.95. The standard InChI is InChI=1S/C20H25ClN2/c21-19-11-9-17(10-12-19)15-22-16-20(18-7-3-1-4-8-18)23-13-5-2-6-14-23/h1,3-4,7-12,20,22H,2,5-6,13-16H2. The molecule has 1 atom stereocenters. The van der Waals surface area contributed by atoms with E-state index in [-0.39, 0.29) is 0 Å². The molecule has 23 heavy (non-hydrogen) atoms. The van der Waals surface area contributed by atoms with Gasteiger partial charge in [0.05, 0.1) is 0 Å². The monoisotopic (exact) mass is 328 g/mol. The number of rotatable bonds is 6. The van der Waals surface area contributed by atoms with Crippen LogP contribution in [0.3, 0.4) is 0 Å².